The highest BCUT2D eigenvalue weighted by Gasteiger charge is 2.49. The number of hydrogen-bond acceptors (Lipinski definition) is 6. The van der Waals surface area contributed by atoms with Crippen LogP contribution >= 0.6 is 0 Å². The van der Waals surface area contributed by atoms with Gasteiger partial charge < -0.3 is 25.1 Å². The largest absolute Gasteiger partial charge is 0.416 e. The standard InChI is InChI=1S/C31H51F6N5O3SSi/c1-28(2,3)46(43)41-24(18-45-29(4,5)31(35,36)37)27-40-23-15-21(11-12-25(23)42(27)19-44-13-14-47(6,7)8)26(20-9-10-20)39-17-22(38)16-30(32,33)34/h11-12,15,20,22,24,26,39,41H,9-10,13-14,16-19,38H2,1-8H3/t22?,24-,26+,46+/m0/s1. The Kier molecular flexibility index (Phi) is 12.8. The van der Waals surface area contributed by atoms with Crippen LogP contribution in [0.2, 0.25) is 25.7 Å². The van der Waals surface area contributed by atoms with Gasteiger partial charge in [-0.3, -0.25) is 0 Å². The van der Waals surface area contributed by atoms with Gasteiger partial charge in [0.15, 0.2) is 5.60 Å². The monoisotopic (exact) mass is 715 g/mol. The average molecular weight is 716 g/mol. The predicted octanol–water partition coefficient (Wildman–Crippen LogP) is 7.12. The molecular weight excluding hydrogens is 665 g/mol. The number of imidazole rings is 1. The molecule has 4 atom stereocenters. The molecule has 2 aromatic rings. The molecule has 0 bridgehead atoms. The van der Waals surface area contributed by atoms with E-state index in [9.17, 15) is 30.6 Å². The van der Waals surface area contributed by atoms with Crippen molar-refractivity contribution in [1.82, 2.24) is 19.6 Å². The fourth-order valence-corrected chi connectivity index (χ4v) is 6.31. The maximum atomic E-state index is 13.8. The number of nitrogens with two attached hydrogens (primary N) is 1. The molecule has 0 aliphatic heterocycles. The third-order valence-corrected chi connectivity index (χ3v) is 11.3. The first-order chi connectivity index (χ1) is 21.4. The molecule has 1 aliphatic carbocycles. The molecule has 0 radical (unpaired) electrons. The number of ether oxygens (including phenoxy) is 2. The summed E-state index contributed by atoms with van der Waals surface area (Å²) in [5.74, 6) is 0.516. The van der Waals surface area contributed by atoms with E-state index in [1.807, 2.05) is 18.2 Å². The quantitative estimate of drug-likeness (QED) is 0.0917. The summed E-state index contributed by atoms with van der Waals surface area (Å²) in [7, 11) is -3.12. The summed E-state index contributed by atoms with van der Waals surface area (Å²) in [6.07, 6.45) is -8.30. The lowest BCUT2D eigenvalue weighted by atomic mass is 10.0. The molecule has 0 amide bonds. The van der Waals surface area contributed by atoms with Crippen molar-refractivity contribution in [3.05, 3.63) is 29.6 Å². The van der Waals surface area contributed by atoms with Crippen molar-refractivity contribution >= 4 is 30.1 Å². The van der Waals surface area contributed by atoms with Crippen LogP contribution in [0.5, 0.6) is 0 Å². The van der Waals surface area contributed by atoms with Crippen LogP contribution in [-0.2, 0) is 27.2 Å². The Bertz CT molecular complexity index is 1350. The lowest BCUT2D eigenvalue weighted by molar-refractivity contribution is -0.265. The zero-order valence-electron chi connectivity index (χ0n) is 28.6. The van der Waals surface area contributed by atoms with E-state index in [4.69, 9.17) is 20.2 Å². The molecular formula is C31H51F6N5O3SSi. The van der Waals surface area contributed by atoms with Crippen LogP contribution in [0.4, 0.5) is 26.3 Å². The minimum absolute atomic E-state index is 0.0275. The van der Waals surface area contributed by atoms with E-state index in [1.54, 1.807) is 25.3 Å². The van der Waals surface area contributed by atoms with E-state index in [0.717, 1.165) is 38.3 Å². The smallest absolute Gasteiger partial charge is 0.364 e. The fraction of sp³-hybridized carbons (Fsp3) is 0.774. The molecule has 1 aromatic heterocycles. The van der Waals surface area contributed by atoms with Crippen LogP contribution in [-0.4, -0.2) is 70.3 Å². The van der Waals surface area contributed by atoms with Crippen molar-refractivity contribution < 1.29 is 40.0 Å². The van der Waals surface area contributed by atoms with Crippen molar-refractivity contribution in [2.75, 3.05) is 19.8 Å². The molecule has 16 heteroatoms. The van der Waals surface area contributed by atoms with E-state index in [-0.39, 0.29) is 25.2 Å². The molecule has 3 rings (SSSR count). The molecule has 4 N–H and O–H groups in total. The van der Waals surface area contributed by atoms with Gasteiger partial charge in [0.1, 0.15) is 18.6 Å². The van der Waals surface area contributed by atoms with Gasteiger partial charge in [-0.15, -0.1) is 0 Å². The minimum Gasteiger partial charge on any atom is -0.364 e. The minimum atomic E-state index is -4.65. The second kappa shape index (κ2) is 15.1. The zero-order valence-corrected chi connectivity index (χ0v) is 30.4. The maximum Gasteiger partial charge on any atom is 0.416 e. The average Bonchev–Trinajstić information content (AvgIpc) is 3.67. The van der Waals surface area contributed by atoms with Gasteiger partial charge >= 0.3 is 12.4 Å². The van der Waals surface area contributed by atoms with E-state index in [0.29, 0.717) is 23.5 Å². The normalized spacial score (nSPS) is 18.0. The Labute approximate surface area is 277 Å². The number of aromatic nitrogens is 2. The van der Waals surface area contributed by atoms with Crippen molar-refractivity contribution in [1.29, 1.82) is 0 Å². The Morgan fingerprint density at radius 3 is 2.26 bits per heavy atom. The van der Waals surface area contributed by atoms with Gasteiger partial charge in [0.25, 0.3) is 0 Å². The zero-order chi connectivity index (χ0) is 35.6. The second-order valence-electron chi connectivity index (χ2n) is 15.2. The van der Waals surface area contributed by atoms with E-state index < -0.39 is 66.9 Å². The first kappa shape index (κ1) is 39.9. The Morgan fingerprint density at radius 2 is 1.72 bits per heavy atom. The fourth-order valence-electron chi connectivity index (χ4n) is 4.77. The van der Waals surface area contributed by atoms with E-state index in [2.05, 4.69) is 29.7 Å². The molecule has 1 aliphatic rings. The number of nitrogens with zero attached hydrogens (tertiary/aromatic N) is 2. The number of nitrogens with one attached hydrogen (secondary N) is 2. The number of halogens is 6. The summed E-state index contributed by atoms with van der Waals surface area (Å²) in [5, 5.41) is 3.22. The molecule has 8 nitrogen and oxygen atoms in total. The van der Waals surface area contributed by atoms with Gasteiger partial charge in [0.2, 0.25) is 0 Å². The van der Waals surface area contributed by atoms with Gasteiger partial charge in [-0.05, 0) is 77.1 Å². The van der Waals surface area contributed by atoms with Crippen LogP contribution < -0.4 is 15.8 Å². The van der Waals surface area contributed by atoms with E-state index >= 15 is 0 Å². The summed E-state index contributed by atoms with van der Waals surface area (Å²) in [5.41, 5.74) is 5.26. The summed E-state index contributed by atoms with van der Waals surface area (Å²) >= 11 is 0. The lowest BCUT2D eigenvalue weighted by Gasteiger charge is -2.31. The Morgan fingerprint density at radius 1 is 1.09 bits per heavy atom. The van der Waals surface area contributed by atoms with Crippen LogP contribution in [0.25, 0.3) is 11.0 Å². The summed E-state index contributed by atoms with van der Waals surface area (Å²) < 4.78 is 109. The highest BCUT2D eigenvalue weighted by Crippen LogP contribution is 2.42. The summed E-state index contributed by atoms with van der Waals surface area (Å²) in [6.45, 7) is 13.8. The van der Waals surface area contributed by atoms with Gasteiger partial charge in [0.05, 0.1) is 39.8 Å². The third-order valence-electron chi connectivity index (χ3n) is 7.98. The molecule has 1 aromatic carbocycles. The molecule has 1 saturated carbocycles. The number of benzene rings is 1. The van der Waals surface area contributed by atoms with Gasteiger partial charge in [-0.2, -0.15) is 26.3 Å². The van der Waals surface area contributed by atoms with Crippen LogP contribution in [0, 0.1) is 5.92 Å². The van der Waals surface area contributed by atoms with Crippen LogP contribution in [0.15, 0.2) is 18.2 Å². The van der Waals surface area contributed by atoms with Crippen LogP contribution in [0.1, 0.15) is 77.4 Å². The van der Waals surface area contributed by atoms with Crippen molar-refractivity contribution in [3.63, 3.8) is 0 Å². The number of fused-ring (bicyclic) bond motifs is 1. The first-order valence-corrected chi connectivity index (χ1v) is 20.8. The molecule has 0 spiro atoms. The predicted molar refractivity (Wildman–Crippen MR) is 176 cm³/mol. The van der Waals surface area contributed by atoms with Crippen molar-refractivity contribution in [2.24, 2.45) is 11.7 Å². The van der Waals surface area contributed by atoms with Gasteiger partial charge in [-0.25, -0.2) is 13.9 Å². The SMILES string of the molecule is CC(C)(C)[S@@](=O)N[C@@H](COC(C)(C)C(F)(F)F)c1nc2cc([C@H](NCC(N)CC(F)(F)F)C3CC3)ccc2n1COCC[Si](C)(C)C. The second-order valence-corrected chi connectivity index (χ2v) is 22.8. The summed E-state index contributed by atoms with van der Waals surface area (Å²) in [4.78, 5) is 4.84. The molecule has 1 unspecified atom stereocenters. The highest BCUT2D eigenvalue weighted by atomic mass is 32.2. The van der Waals surface area contributed by atoms with Crippen LogP contribution in [0.3, 0.4) is 0 Å². The first-order valence-electron chi connectivity index (χ1n) is 15.9. The molecule has 270 valence electrons. The number of hydrogen-bond donors (Lipinski definition) is 3. The topological polar surface area (TPSA) is 103 Å². The van der Waals surface area contributed by atoms with Gasteiger partial charge in [-0.1, -0.05) is 25.7 Å². The molecule has 0 saturated heterocycles. The Balaban J connectivity index is 2.03. The molecule has 1 fully saturated rings. The van der Waals surface area contributed by atoms with Crippen molar-refractivity contribution in [2.45, 2.75) is 127 Å². The lowest BCUT2D eigenvalue weighted by Crippen LogP contribution is -2.45. The summed E-state index contributed by atoms with van der Waals surface area (Å²) in [6, 6.07) is 4.06. The molecule has 1 heterocycles. The number of rotatable bonds is 17. The third kappa shape index (κ3) is 12.1. The highest BCUT2D eigenvalue weighted by molar-refractivity contribution is 7.84. The van der Waals surface area contributed by atoms with Gasteiger partial charge in [0, 0.05) is 33.3 Å². The molecule has 47 heavy (non-hydrogen) atoms. The van der Waals surface area contributed by atoms with E-state index in [1.165, 1.54) is 0 Å². The number of alkyl halides is 6. The van der Waals surface area contributed by atoms with Crippen molar-refractivity contribution in [3.8, 4) is 0 Å². The maximum absolute atomic E-state index is 13.8. The Hall–Kier alpha value is -1.56.